The summed E-state index contributed by atoms with van der Waals surface area (Å²) >= 11 is 1.30. The molecule has 9 nitrogen and oxygen atoms in total. The van der Waals surface area contributed by atoms with Crippen molar-refractivity contribution in [1.29, 1.82) is 0 Å². The number of carbonyl (C=O) groups excluding carboxylic acids is 2. The number of thioether (sulfide) groups is 1. The Hall–Kier alpha value is -3.44. The molecule has 1 amide bonds. The van der Waals surface area contributed by atoms with Gasteiger partial charge in [0.2, 0.25) is 0 Å². The number of hydrogen-bond donors (Lipinski definition) is 1. The molecule has 0 bridgehead atoms. The number of aliphatic imine (C=N–C) groups is 1. The van der Waals surface area contributed by atoms with Crippen LogP contribution in [0.2, 0.25) is 0 Å². The van der Waals surface area contributed by atoms with E-state index in [2.05, 4.69) is 4.99 Å². The van der Waals surface area contributed by atoms with Crippen LogP contribution in [0, 0.1) is 0 Å². The lowest BCUT2D eigenvalue weighted by molar-refractivity contribution is -0.0450. The van der Waals surface area contributed by atoms with Crippen molar-refractivity contribution in [2.24, 2.45) is 4.99 Å². The molecule has 0 radical (unpaired) electrons. The first kappa shape index (κ1) is 28.6. The number of aromatic carboxylic acids is 1. The third kappa shape index (κ3) is 6.59. The maximum atomic E-state index is 14.9. The van der Waals surface area contributed by atoms with Crippen molar-refractivity contribution < 1.29 is 38.1 Å². The van der Waals surface area contributed by atoms with Crippen LogP contribution in [0.4, 0.5) is 14.9 Å². The molecule has 2 aromatic rings. The summed E-state index contributed by atoms with van der Waals surface area (Å²) in [6.07, 6.45) is -2.41. The topological polar surface area (TPSA) is 115 Å². The maximum Gasteiger partial charge on any atom is 0.414 e. The number of halogens is 1. The van der Waals surface area contributed by atoms with Crippen LogP contribution in [-0.4, -0.2) is 64.6 Å². The predicted octanol–water partition coefficient (Wildman–Crippen LogP) is 5.50. The number of anilines is 1. The Balaban J connectivity index is 1.76. The van der Waals surface area contributed by atoms with Gasteiger partial charge in [-0.3, -0.25) is 9.89 Å². The van der Waals surface area contributed by atoms with E-state index in [0.29, 0.717) is 5.56 Å². The fraction of sp³-hybridized carbons (Fsp3) is 0.429. The van der Waals surface area contributed by atoms with Gasteiger partial charge in [-0.1, -0.05) is 36.0 Å². The zero-order valence-electron chi connectivity index (χ0n) is 22.1. The van der Waals surface area contributed by atoms with Crippen LogP contribution >= 0.6 is 11.8 Å². The number of hydrogen-bond acceptors (Lipinski definition) is 8. The number of nitrogens with zero attached hydrogens (tertiary/aromatic N) is 2. The number of rotatable bonds is 7. The lowest BCUT2D eigenvalue weighted by Gasteiger charge is -2.34. The summed E-state index contributed by atoms with van der Waals surface area (Å²) in [5.74, 6) is -2.39. The van der Waals surface area contributed by atoms with Crippen LogP contribution in [-0.2, 0) is 15.9 Å². The summed E-state index contributed by atoms with van der Waals surface area (Å²) in [6, 6.07) is 10.5. The zero-order valence-corrected chi connectivity index (χ0v) is 22.9. The Kier molecular flexibility index (Phi) is 8.60. The summed E-state index contributed by atoms with van der Waals surface area (Å²) in [4.78, 5) is 44.1. The molecule has 1 fully saturated rings. The van der Waals surface area contributed by atoms with Gasteiger partial charge in [-0.15, -0.1) is 0 Å². The third-order valence-corrected chi connectivity index (χ3v) is 7.09. The maximum absolute atomic E-state index is 14.9. The van der Waals surface area contributed by atoms with Crippen molar-refractivity contribution in [3.63, 3.8) is 0 Å². The highest BCUT2D eigenvalue weighted by Gasteiger charge is 2.42. The molecule has 0 unspecified atom stereocenters. The van der Waals surface area contributed by atoms with E-state index in [0.717, 1.165) is 0 Å². The molecule has 4 rings (SSSR count). The average molecular weight is 559 g/mol. The standard InChI is InChI=1S/C28H31FN2O7S/c1-5-31(27(35)38-28(2,3)4)23-17(13-18-14-19(29)22-26(36-18)39-15-30-22)11-12-20(21(23)24(32)33)37-25(34)16-9-7-6-8-10-16/h6-12,15,18-19,22,26H,5,13-14H2,1-4H3,(H,32,33)/t18-,19-,22-,26-/m1/s1. The first-order valence-corrected chi connectivity index (χ1v) is 13.6. The molecular weight excluding hydrogens is 527 g/mol. The summed E-state index contributed by atoms with van der Waals surface area (Å²) in [7, 11) is 0. The van der Waals surface area contributed by atoms with Gasteiger partial charge in [0, 0.05) is 19.4 Å². The molecule has 208 valence electrons. The minimum absolute atomic E-state index is 0.00840. The number of fused-ring (bicyclic) bond motifs is 1. The van der Waals surface area contributed by atoms with Gasteiger partial charge in [-0.25, -0.2) is 18.8 Å². The van der Waals surface area contributed by atoms with E-state index in [1.807, 2.05) is 0 Å². The molecule has 0 aromatic heterocycles. The SMILES string of the molecule is CCN(C(=O)OC(C)(C)C)c1c(C[C@@H]2C[C@@H](F)[C@H]3N=CS[C@H]3O2)ccc(OC(=O)c2ccccc2)c1C(=O)O. The van der Waals surface area contributed by atoms with E-state index in [4.69, 9.17) is 14.2 Å². The fourth-order valence-electron chi connectivity index (χ4n) is 4.51. The van der Waals surface area contributed by atoms with Gasteiger partial charge in [0.1, 0.15) is 34.6 Å². The Morgan fingerprint density at radius 3 is 2.54 bits per heavy atom. The minimum Gasteiger partial charge on any atom is -0.477 e. The van der Waals surface area contributed by atoms with Crippen LogP contribution < -0.4 is 9.64 Å². The third-order valence-electron chi connectivity index (χ3n) is 6.19. The van der Waals surface area contributed by atoms with E-state index in [-0.39, 0.29) is 42.0 Å². The summed E-state index contributed by atoms with van der Waals surface area (Å²) < 4.78 is 32.0. The van der Waals surface area contributed by atoms with Crippen molar-refractivity contribution in [3.8, 4) is 5.75 Å². The smallest absolute Gasteiger partial charge is 0.414 e. The number of carbonyl (C=O) groups is 3. The highest BCUT2D eigenvalue weighted by Crippen LogP contribution is 2.39. The molecule has 2 aliphatic heterocycles. The molecular formula is C28H31FN2O7S. The predicted molar refractivity (Wildman–Crippen MR) is 146 cm³/mol. The second kappa shape index (κ2) is 11.7. The van der Waals surface area contributed by atoms with Gasteiger partial charge in [0.25, 0.3) is 0 Å². The number of carboxylic acids is 1. The summed E-state index contributed by atoms with van der Waals surface area (Å²) in [5, 5.41) is 10.3. The molecule has 0 aliphatic carbocycles. The van der Waals surface area contributed by atoms with Crippen LogP contribution in [0.25, 0.3) is 0 Å². The first-order chi connectivity index (χ1) is 18.5. The van der Waals surface area contributed by atoms with E-state index in [1.165, 1.54) is 22.7 Å². The van der Waals surface area contributed by atoms with Gasteiger partial charge in [-0.05, 0) is 51.5 Å². The van der Waals surface area contributed by atoms with Crippen LogP contribution in [0.1, 0.15) is 60.4 Å². The van der Waals surface area contributed by atoms with Crippen molar-refractivity contribution in [2.45, 2.75) is 69.9 Å². The number of carboxylic acid groups (broad SMARTS) is 1. The normalized spacial score (nSPS) is 22.2. The molecule has 2 aromatic carbocycles. The molecule has 1 N–H and O–H groups in total. The Morgan fingerprint density at radius 2 is 1.90 bits per heavy atom. The van der Waals surface area contributed by atoms with Gasteiger partial charge >= 0.3 is 18.0 Å². The van der Waals surface area contributed by atoms with Crippen molar-refractivity contribution >= 4 is 41.0 Å². The van der Waals surface area contributed by atoms with E-state index < -0.39 is 47.4 Å². The van der Waals surface area contributed by atoms with Crippen LogP contribution in [0.5, 0.6) is 5.75 Å². The molecule has 4 atom stereocenters. The Labute approximate surface area is 230 Å². The van der Waals surface area contributed by atoms with Crippen molar-refractivity contribution in [2.75, 3.05) is 11.4 Å². The molecule has 39 heavy (non-hydrogen) atoms. The Morgan fingerprint density at radius 1 is 1.18 bits per heavy atom. The highest BCUT2D eigenvalue weighted by molar-refractivity contribution is 8.12. The van der Waals surface area contributed by atoms with Gasteiger partial charge in [-0.2, -0.15) is 0 Å². The fourth-order valence-corrected chi connectivity index (χ4v) is 5.47. The second-order valence-corrected chi connectivity index (χ2v) is 11.1. The van der Waals surface area contributed by atoms with Crippen LogP contribution in [0.15, 0.2) is 47.5 Å². The number of alkyl halides is 1. The molecule has 1 saturated heterocycles. The number of amides is 1. The van der Waals surface area contributed by atoms with Gasteiger partial charge < -0.3 is 19.3 Å². The number of ether oxygens (including phenoxy) is 3. The minimum atomic E-state index is -1.41. The first-order valence-electron chi connectivity index (χ1n) is 12.6. The molecule has 11 heteroatoms. The van der Waals surface area contributed by atoms with E-state index in [9.17, 15) is 23.9 Å². The van der Waals surface area contributed by atoms with Crippen molar-refractivity contribution in [3.05, 3.63) is 59.2 Å². The lowest BCUT2D eigenvalue weighted by Crippen LogP contribution is -2.43. The zero-order chi connectivity index (χ0) is 28.3. The van der Waals surface area contributed by atoms with Crippen LogP contribution in [0.3, 0.4) is 0 Å². The molecule has 0 spiro atoms. The molecule has 0 saturated carbocycles. The number of esters is 1. The largest absolute Gasteiger partial charge is 0.477 e. The molecule has 2 aliphatic rings. The number of benzene rings is 2. The summed E-state index contributed by atoms with van der Waals surface area (Å²) in [5.41, 5.74) is 0.528. The monoisotopic (exact) mass is 558 g/mol. The van der Waals surface area contributed by atoms with E-state index in [1.54, 1.807) is 69.6 Å². The van der Waals surface area contributed by atoms with Gasteiger partial charge in [0.15, 0.2) is 0 Å². The van der Waals surface area contributed by atoms with Gasteiger partial charge in [0.05, 0.1) is 22.9 Å². The van der Waals surface area contributed by atoms with Crippen molar-refractivity contribution in [1.82, 2.24) is 0 Å². The van der Waals surface area contributed by atoms with E-state index >= 15 is 0 Å². The highest BCUT2D eigenvalue weighted by atomic mass is 32.2. The summed E-state index contributed by atoms with van der Waals surface area (Å²) in [6.45, 7) is 6.83. The lowest BCUT2D eigenvalue weighted by atomic mass is 9.94. The molecule has 2 heterocycles. The average Bonchev–Trinajstić information content (AvgIpc) is 3.34. The second-order valence-electron chi connectivity index (χ2n) is 10.2. The Bertz CT molecular complexity index is 1260. The quantitative estimate of drug-likeness (QED) is 0.350.